The molecule has 1 N–H and O–H groups in total. The maximum Gasteiger partial charge on any atom is 0.00217 e. The second kappa shape index (κ2) is 7.89. The first-order valence-electron chi connectivity index (χ1n) is 6.40. The minimum atomic E-state index is 0.877. The molecular weight excluding hydrogens is 184 g/mol. The normalized spacial score (nSPS) is 21.9. The lowest BCUT2D eigenvalue weighted by Crippen LogP contribution is -2.38. The molecule has 0 aromatic carbocycles. The molecule has 15 heavy (non-hydrogen) atoms. The van der Waals surface area contributed by atoms with E-state index in [0.717, 1.165) is 12.3 Å². The smallest absolute Gasteiger partial charge is 0.00217 e. The Hall–Kier alpha value is -0.340. The van der Waals surface area contributed by atoms with Crippen LogP contribution in [0.15, 0.2) is 12.7 Å². The molecule has 0 spiro atoms. The average Bonchev–Trinajstić information content (AvgIpc) is 2.29. The molecule has 1 fully saturated rings. The molecule has 1 unspecified atom stereocenters. The molecule has 0 radical (unpaired) electrons. The van der Waals surface area contributed by atoms with Crippen molar-refractivity contribution in [1.82, 2.24) is 10.2 Å². The van der Waals surface area contributed by atoms with Gasteiger partial charge in [0.2, 0.25) is 0 Å². The highest BCUT2D eigenvalue weighted by Gasteiger charge is 2.15. The van der Waals surface area contributed by atoms with Gasteiger partial charge >= 0.3 is 0 Å². The van der Waals surface area contributed by atoms with Crippen LogP contribution in [0.3, 0.4) is 0 Å². The van der Waals surface area contributed by atoms with E-state index in [1.165, 1.54) is 52.0 Å². The van der Waals surface area contributed by atoms with E-state index >= 15 is 0 Å². The fourth-order valence-electron chi connectivity index (χ4n) is 2.28. The van der Waals surface area contributed by atoms with Gasteiger partial charge in [-0.15, -0.1) is 6.58 Å². The fourth-order valence-corrected chi connectivity index (χ4v) is 2.28. The van der Waals surface area contributed by atoms with E-state index in [1.54, 1.807) is 0 Å². The summed E-state index contributed by atoms with van der Waals surface area (Å²) in [6.07, 6.45) is 7.20. The van der Waals surface area contributed by atoms with Crippen LogP contribution in [0, 0.1) is 5.92 Å². The van der Waals surface area contributed by atoms with E-state index in [0.29, 0.717) is 0 Å². The second-order valence-electron chi connectivity index (χ2n) is 4.54. The standard InChI is InChI=1S/C13H26N2/c1-3-5-6-10-15(4-2)12-13-8-7-9-14-11-13/h3,13-14H,1,4-12H2,2H3. The maximum atomic E-state index is 3.77. The largest absolute Gasteiger partial charge is 0.316 e. The predicted octanol–water partition coefficient (Wildman–Crippen LogP) is 2.27. The van der Waals surface area contributed by atoms with Crippen LogP contribution in [0.2, 0.25) is 0 Å². The summed E-state index contributed by atoms with van der Waals surface area (Å²) in [5, 5.41) is 3.49. The van der Waals surface area contributed by atoms with Gasteiger partial charge in [0.1, 0.15) is 0 Å². The van der Waals surface area contributed by atoms with Crippen molar-refractivity contribution in [3.05, 3.63) is 12.7 Å². The molecule has 88 valence electrons. The number of nitrogens with zero attached hydrogens (tertiary/aromatic N) is 1. The first kappa shape index (κ1) is 12.7. The zero-order valence-electron chi connectivity index (χ0n) is 10.2. The Morgan fingerprint density at radius 1 is 1.53 bits per heavy atom. The molecule has 1 atom stereocenters. The van der Waals surface area contributed by atoms with E-state index in [2.05, 4.69) is 23.7 Å². The Morgan fingerprint density at radius 3 is 3.00 bits per heavy atom. The topological polar surface area (TPSA) is 15.3 Å². The zero-order chi connectivity index (χ0) is 10.9. The van der Waals surface area contributed by atoms with Crippen LogP contribution in [-0.2, 0) is 0 Å². The molecule has 2 heteroatoms. The lowest BCUT2D eigenvalue weighted by Gasteiger charge is -2.29. The molecule has 0 bridgehead atoms. The number of allylic oxidation sites excluding steroid dienone is 1. The molecule has 0 aromatic heterocycles. The van der Waals surface area contributed by atoms with E-state index in [4.69, 9.17) is 0 Å². The molecule has 2 nitrogen and oxygen atoms in total. The van der Waals surface area contributed by atoms with Gasteiger partial charge in [0.15, 0.2) is 0 Å². The lowest BCUT2D eigenvalue weighted by atomic mass is 9.99. The highest BCUT2D eigenvalue weighted by Crippen LogP contribution is 2.12. The van der Waals surface area contributed by atoms with Gasteiger partial charge in [-0.25, -0.2) is 0 Å². The maximum absolute atomic E-state index is 3.77. The summed E-state index contributed by atoms with van der Waals surface area (Å²) in [6.45, 7) is 12.2. The molecule has 0 aromatic rings. The number of nitrogens with one attached hydrogen (secondary N) is 1. The number of hydrogen-bond acceptors (Lipinski definition) is 2. The van der Waals surface area contributed by atoms with Crippen LogP contribution < -0.4 is 5.32 Å². The van der Waals surface area contributed by atoms with Crippen molar-refractivity contribution in [2.75, 3.05) is 32.7 Å². The molecule has 0 amide bonds. The fraction of sp³-hybridized carbons (Fsp3) is 0.846. The first-order valence-corrected chi connectivity index (χ1v) is 6.40. The van der Waals surface area contributed by atoms with E-state index in [-0.39, 0.29) is 0 Å². The first-order chi connectivity index (χ1) is 7.36. The van der Waals surface area contributed by atoms with Gasteiger partial charge in [-0.05, 0) is 57.8 Å². The van der Waals surface area contributed by atoms with Gasteiger partial charge in [-0.1, -0.05) is 13.0 Å². The number of piperidine rings is 1. The molecule has 1 aliphatic rings. The molecule has 1 heterocycles. The predicted molar refractivity (Wildman–Crippen MR) is 67.1 cm³/mol. The van der Waals surface area contributed by atoms with Gasteiger partial charge in [0.05, 0.1) is 0 Å². The van der Waals surface area contributed by atoms with Crippen LogP contribution >= 0.6 is 0 Å². The summed E-state index contributed by atoms with van der Waals surface area (Å²) >= 11 is 0. The number of rotatable bonds is 7. The highest BCUT2D eigenvalue weighted by molar-refractivity contribution is 4.73. The molecule has 0 aliphatic carbocycles. The van der Waals surface area contributed by atoms with E-state index < -0.39 is 0 Å². The molecule has 0 saturated carbocycles. The Kier molecular flexibility index (Phi) is 6.69. The summed E-state index contributed by atoms with van der Waals surface area (Å²) in [7, 11) is 0. The Balaban J connectivity index is 2.16. The Morgan fingerprint density at radius 2 is 2.40 bits per heavy atom. The van der Waals surface area contributed by atoms with Crippen molar-refractivity contribution in [1.29, 1.82) is 0 Å². The van der Waals surface area contributed by atoms with Crippen LogP contribution in [0.5, 0.6) is 0 Å². The highest BCUT2D eigenvalue weighted by atomic mass is 15.1. The van der Waals surface area contributed by atoms with Crippen molar-refractivity contribution in [3.63, 3.8) is 0 Å². The summed E-state index contributed by atoms with van der Waals surface area (Å²) in [5.41, 5.74) is 0. The van der Waals surface area contributed by atoms with Crippen molar-refractivity contribution in [2.24, 2.45) is 5.92 Å². The third-order valence-electron chi connectivity index (χ3n) is 3.25. The second-order valence-corrected chi connectivity index (χ2v) is 4.54. The summed E-state index contributed by atoms with van der Waals surface area (Å²) < 4.78 is 0. The van der Waals surface area contributed by atoms with Gasteiger partial charge in [0, 0.05) is 6.54 Å². The monoisotopic (exact) mass is 210 g/mol. The SMILES string of the molecule is C=CCCCN(CC)CC1CCCNC1. The molecule has 1 saturated heterocycles. The van der Waals surface area contributed by atoms with Gasteiger partial charge in [-0.3, -0.25) is 0 Å². The quantitative estimate of drug-likeness (QED) is 0.512. The van der Waals surface area contributed by atoms with Gasteiger partial charge < -0.3 is 10.2 Å². The van der Waals surface area contributed by atoms with Crippen molar-refractivity contribution in [2.45, 2.75) is 32.6 Å². The van der Waals surface area contributed by atoms with Crippen molar-refractivity contribution in [3.8, 4) is 0 Å². The van der Waals surface area contributed by atoms with Crippen LogP contribution in [0.1, 0.15) is 32.6 Å². The summed E-state index contributed by atoms with van der Waals surface area (Å²) in [5.74, 6) is 0.877. The van der Waals surface area contributed by atoms with Crippen LogP contribution in [-0.4, -0.2) is 37.6 Å². The Bertz CT molecular complexity index is 162. The minimum Gasteiger partial charge on any atom is -0.316 e. The van der Waals surface area contributed by atoms with Crippen LogP contribution in [0.25, 0.3) is 0 Å². The number of hydrogen-bond donors (Lipinski definition) is 1. The summed E-state index contributed by atoms with van der Waals surface area (Å²) in [6, 6.07) is 0. The third kappa shape index (κ3) is 5.33. The lowest BCUT2D eigenvalue weighted by molar-refractivity contribution is 0.215. The zero-order valence-corrected chi connectivity index (χ0v) is 10.2. The van der Waals surface area contributed by atoms with Crippen molar-refractivity contribution >= 4 is 0 Å². The van der Waals surface area contributed by atoms with Crippen molar-refractivity contribution < 1.29 is 0 Å². The van der Waals surface area contributed by atoms with Gasteiger partial charge in [0.25, 0.3) is 0 Å². The Labute approximate surface area is 94.7 Å². The van der Waals surface area contributed by atoms with Crippen LogP contribution in [0.4, 0.5) is 0 Å². The third-order valence-corrected chi connectivity index (χ3v) is 3.25. The van der Waals surface area contributed by atoms with E-state index in [9.17, 15) is 0 Å². The number of unbranched alkanes of at least 4 members (excludes halogenated alkanes) is 1. The molecule has 1 aliphatic heterocycles. The molecular formula is C13H26N2. The molecule has 1 rings (SSSR count). The summed E-state index contributed by atoms with van der Waals surface area (Å²) in [4.78, 5) is 2.58. The van der Waals surface area contributed by atoms with Gasteiger partial charge in [-0.2, -0.15) is 0 Å². The van der Waals surface area contributed by atoms with E-state index in [1.807, 2.05) is 6.08 Å². The average molecular weight is 210 g/mol. The minimum absolute atomic E-state index is 0.877.